The quantitative estimate of drug-likeness (QED) is 0.583. The predicted octanol–water partition coefficient (Wildman–Crippen LogP) is 3.15. The zero-order chi connectivity index (χ0) is 16.9. The van der Waals surface area contributed by atoms with Crippen molar-refractivity contribution in [1.82, 2.24) is 15.4 Å². The van der Waals surface area contributed by atoms with Crippen molar-refractivity contribution < 1.29 is 9.32 Å². The average Bonchev–Trinajstić information content (AvgIpc) is 3.11. The Labute approximate surface area is 142 Å². The van der Waals surface area contributed by atoms with E-state index < -0.39 is 0 Å². The zero-order valence-electron chi connectivity index (χ0n) is 13.3. The summed E-state index contributed by atoms with van der Waals surface area (Å²) in [6.45, 7) is 10.3. The number of anilines is 2. The van der Waals surface area contributed by atoms with Crippen molar-refractivity contribution in [3.05, 3.63) is 24.4 Å². The summed E-state index contributed by atoms with van der Waals surface area (Å²) in [5.74, 6) is 0.398. The van der Waals surface area contributed by atoms with E-state index in [0.717, 1.165) is 10.0 Å². The predicted molar refractivity (Wildman–Crippen MR) is 93.2 cm³/mol. The van der Waals surface area contributed by atoms with E-state index in [4.69, 9.17) is 4.52 Å². The summed E-state index contributed by atoms with van der Waals surface area (Å²) in [7, 11) is 0. The van der Waals surface area contributed by atoms with Gasteiger partial charge in [0, 0.05) is 18.0 Å². The maximum absolute atomic E-state index is 11.9. The number of hydrogen-bond acceptors (Lipinski definition) is 8. The number of thioether (sulfide) groups is 1. The summed E-state index contributed by atoms with van der Waals surface area (Å²) >= 11 is 2.71. The molecule has 0 aliphatic rings. The van der Waals surface area contributed by atoms with Gasteiger partial charge in [-0.15, -0.1) is 16.8 Å². The van der Waals surface area contributed by atoms with E-state index in [9.17, 15) is 4.79 Å². The van der Waals surface area contributed by atoms with Gasteiger partial charge in [0.05, 0.1) is 11.4 Å². The maximum atomic E-state index is 11.9. The summed E-state index contributed by atoms with van der Waals surface area (Å²) in [4.78, 5) is 11.9. The fraction of sp³-hybridized carbons (Fsp3) is 0.429. The Balaban J connectivity index is 1.82. The van der Waals surface area contributed by atoms with Crippen LogP contribution in [0.2, 0.25) is 0 Å². The highest BCUT2D eigenvalue weighted by atomic mass is 32.2. The van der Waals surface area contributed by atoms with E-state index in [2.05, 4.69) is 32.6 Å². The minimum atomic E-state index is -0.178. The highest BCUT2D eigenvalue weighted by Gasteiger charge is 2.19. The summed E-state index contributed by atoms with van der Waals surface area (Å²) in [6, 6.07) is 1.74. The second-order valence-electron chi connectivity index (χ2n) is 5.71. The molecule has 124 valence electrons. The van der Waals surface area contributed by atoms with Crippen LogP contribution in [0.1, 0.15) is 26.5 Å². The van der Waals surface area contributed by atoms with E-state index >= 15 is 0 Å². The van der Waals surface area contributed by atoms with Gasteiger partial charge in [-0.2, -0.15) is 0 Å². The van der Waals surface area contributed by atoms with Gasteiger partial charge in [-0.25, -0.2) is 0 Å². The van der Waals surface area contributed by atoms with Crippen molar-refractivity contribution >= 4 is 40.0 Å². The van der Waals surface area contributed by atoms with E-state index in [1.54, 1.807) is 12.1 Å². The van der Waals surface area contributed by atoms with Crippen LogP contribution in [0.4, 0.5) is 11.0 Å². The topological polar surface area (TPSA) is 92.9 Å². The summed E-state index contributed by atoms with van der Waals surface area (Å²) in [6.07, 6.45) is 1.74. The first-order valence-corrected chi connectivity index (χ1v) is 8.77. The third kappa shape index (κ3) is 5.36. The van der Waals surface area contributed by atoms with Crippen LogP contribution in [0.15, 0.2) is 27.6 Å². The molecular formula is C14H19N5O2S2. The number of hydrogen-bond donors (Lipinski definition) is 2. The Kier molecular flexibility index (Phi) is 5.78. The Morgan fingerprint density at radius 2 is 2.26 bits per heavy atom. The van der Waals surface area contributed by atoms with E-state index in [1.165, 1.54) is 23.1 Å². The monoisotopic (exact) mass is 353 g/mol. The Morgan fingerprint density at radius 3 is 2.91 bits per heavy atom. The average molecular weight is 353 g/mol. The first-order chi connectivity index (χ1) is 10.9. The van der Waals surface area contributed by atoms with Gasteiger partial charge in [0.2, 0.25) is 16.9 Å². The lowest BCUT2D eigenvalue weighted by Gasteiger charge is -2.12. The van der Waals surface area contributed by atoms with Crippen LogP contribution in [-0.2, 0) is 10.2 Å². The molecule has 23 heavy (non-hydrogen) atoms. The smallest absolute Gasteiger partial charge is 0.237 e. The van der Waals surface area contributed by atoms with E-state index in [0.29, 0.717) is 17.6 Å². The molecule has 0 radical (unpaired) electrons. The molecular weight excluding hydrogens is 334 g/mol. The fourth-order valence-corrected chi connectivity index (χ4v) is 3.05. The van der Waals surface area contributed by atoms with Gasteiger partial charge in [0.25, 0.3) is 0 Å². The standard InChI is InChI=1S/C14H19N5O2S2/c1-5-6-15-12-17-18-13(23-12)22-8-10(20)16-11-7-9(19-21-11)14(2,3)4/h5,7H,1,6,8H2,2-4H3,(H,15,17)(H,16,20). The summed E-state index contributed by atoms with van der Waals surface area (Å²) in [5, 5.41) is 18.4. The molecule has 1 amide bonds. The lowest BCUT2D eigenvalue weighted by Crippen LogP contribution is -2.14. The Morgan fingerprint density at radius 1 is 1.48 bits per heavy atom. The molecule has 2 rings (SSSR count). The molecule has 0 saturated carbocycles. The van der Waals surface area contributed by atoms with Crippen LogP contribution in [0, 0.1) is 0 Å². The van der Waals surface area contributed by atoms with Crippen molar-refractivity contribution in [2.75, 3.05) is 22.9 Å². The number of carbonyl (C=O) groups excluding carboxylic acids is 1. The van der Waals surface area contributed by atoms with Crippen LogP contribution in [-0.4, -0.2) is 33.6 Å². The first kappa shape index (κ1) is 17.5. The molecule has 0 spiro atoms. The third-order valence-electron chi connectivity index (χ3n) is 2.67. The molecule has 2 N–H and O–H groups in total. The van der Waals surface area contributed by atoms with E-state index in [-0.39, 0.29) is 17.1 Å². The van der Waals surface area contributed by atoms with Gasteiger partial charge in [-0.05, 0) is 0 Å². The van der Waals surface area contributed by atoms with Gasteiger partial charge in [-0.1, -0.05) is 55.1 Å². The number of aromatic nitrogens is 3. The van der Waals surface area contributed by atoms with Gasteiger partial charge in [-0.3, -0.25) is 10.1 Å². The minimum absolute atomic E-state index is 0.122. The number of nitrogens with one attached hydrogen (secondary N) is 2. The van der Waals surface area contributed by atoms with Crippen molar-refractivity contribution in [3.8, 4) is 0 Å². The van der Waals surface area contributed by atoms with Crippen LogP contribution in [0.25, 0.3) is 0 Å². The molecule has 9 heteroatoms. The summed E-state index contributed by atoms with van der Waals surface area (Å²) < 4.78 is 5.85. The van der Waals surface area contributed by atoms with Crippen LogP contribution in [0.3, 0.4) is 0 Å². The molecule has 0 bridgehead atoms. The highest BCUT2D eigenvalue weighted by molar-refractivity contribution is 8.01. The molecule has 0 aliphatic heterocycles. The van der Waals surface area contributed by atoms with Crippen LogP contribution >= 0.6 is 23.1 Å². The summed E-state index contributed by atoms with van der Waals surface area (Å²) in [5.41, 5.74) is 0.672. The first-order valence-electron chi connectivity index (χ1n) is 6.96. The normalized spacial score (nSPS) is 11.3. The Hall–Kier alpha value is -1.87. The van der Waals surface area contributed by atoms with Gasteiger partial charge in [0.1, 0.15) is 0 Å². The van der Waals surface area contributed by atoms with Gasteiger partial charge < -0.3 is 9.84 Å². The lowest BCUT2D eigenvalue weighted by atomic mass is 9.92. The largest absolute Gasteiger partial charge is 0.357 e. The number of amides is 1. The number of nitrogens with zero attached hydrogens (tertiary/aromatic N) is 3. The SMILES string of the molecule is C=CCNc1nnc(SCC(=O)Nc2cc(C(C)(C)C)no2)s1. The Bertz CT molecular complexity index is 675. The second kappa shape index (κ2) is 7.60. The highest BCUT2D eigenvalue weighted by Crippen LogP contribution is 2.26. The molecule has 0 unspecified atom stereocenters. The fourth-order valence-electron chi connectivity index (χ4n) is 1.49. The van der Waals surface area contributed by atoms with Crippen molar-refractivity contribution in [2.45, 2.75) is 30.5 Å². The minimum Gasteiger partial charge on any atom is -0.357 e. The van der Waals surface area contributed by atoms with Crippen molar-refractivity contribution in [2.24, 2.45) is 0 Å². The molecule has 0 saturated heterocycles. The molecule has 0 fully saturated rings. The number of rotatable bonds is 7. The van der Waals surface area contributed by atoms with Gasteiger partial charge >= 0.3 is 0 Å². The second-order valence-corrected chi connectivity index (χ2v) is 7.91. The van der Waals surface area contributed by atoms with Crippen LogP contribution < -0.4 is 10.6 Å². The maximum Gasteiger partial charge on any atom is 0.237 e. The zero-order valence-corrected chi connectivity index (χ0v) is 14.9. The molecule has 7 nitrogen and oxygen atoms in total. The van der Waals surface area contributed by atoms with Crippen LogP contribution in [0.5, 0.6) is 0 Å². The molecule has 0 aliphatic carbocycles. The molecule has 2 heterocycles. The number of carbonyl (C=O) groups is 1. The molecule has 0 aromatic carbocycles. The van der Waals surface area contributed by atoms with Gasteiger partial charge in [0.15, 0.2) is 4.34 Å². The molecule has 2 aromatic rings. The third-order valence-corrected chi connectivity index (χ3v) is 4.69. The van der Waals surface area contributed by atoms with E-state index in [1.807, 2.05) is 20.8 Å². The molecule has 2 aromatic heterocycles. The lowest BCUT2D eigenvalue weighted by molar-refractivity contribution is -0.113. The van der Waals surface area contributed by atoms with Crippen molar-refractivity contribution in [1.29, 1.82) is 0 Å². The van der Waals surface area contributed by atoms with Crippen molar-refractivity contribution in [3.63, 3.8) is 0 Å². The molecule has 0 atom stereocenters.